The van der Waals surface area contributed by atoms with Crippen molar-refractivity contribution >= 4 is 28.7 Å². The second-order valence-corrected chi connectivity index (χ2v) is 16.7. The molecule has 0 aliphatic carbocycles. The number of rotatable bonds is 11. The first-order valence-corrected chi connectivity index (χ1v) is 20.9. The van der Waals surface area contributed by atoms with Crippen LogP contribution < -0.4 is 14.8 Å². The normalized spacial score (nSPS) is 18.3. The number of hydrogen-bond donors (Lipinski definition) is 4. The minimum atomic E-state index is -1.21. The van der Waals surface area contributed by atoms with Crippen molar-refractivity contribution in [1.29, 1.82) is 0 Å². The number of likely N-dealkylation sites (tertiary alicyclic amines) is 2. The Morgan fingerprint density at radius 2 is 1.28 bits per heavy atom. The van der Waals surface area contributed by atoms with E-state index in [1.165, 1.54) is 0 Å². The summed E-state index contributed by atoms with van der Waals surface area (Å²) in [5, 5.41) is 13.9. The topological polar surface area (TPSA) is 169 Å². The van der Waals surface area contributed by atoms with Crippen LogP contribution in [-0.4, -0.2) is 97.7 Å². The Bertz CT molecular complexity index is 2600. The molecular weight excluding hydrogens is 773 g/mol. The van der Waals surface area contributed by atoms with Gasteiger partial charge in [0.2, 0.25) is 18.6 Å². The van der Waals surface area contributed by atoms with E-state index < -0.39 is 18.2 Å². The number of H-pyrrole nitrogens is 2. The summed E-state index contributed by atoms with van der Waals surface area (Å²) in [6, 6.07) is 25.2. The standard InChI is InChI=1S/C47H50N8O6/c1-27(2)41(52-47(58)59)45(56)54-19-5-7-37(54)43-49-25-36(51-43)33-16-15-31-21-30(13-14-32(31)22-33)28-9-11-29(12-10-28)35-24-48-44(50-35)38-8-6-20-55(38)46(57)42(53(3)4)34-17-18-39-40(23-34)61-26-60-39/h9-18,21-25,27,37-38,41-42,52H,5-8,19-20,26H2,1-4H3,(H,48,50)(H,49,51)(H,58,59)/t37-,38-,41-,42?/m0/s1. The molecule has 1 unspecified atom stereocenters. The number of carboxylic acid groups (broad SMARTS) is 1. The van der Waals surface area contributed by atoms with Gasteiger partial charge >= 0.3 is 6.09 Å². The van der Waals surface area contributed by atoms with E-state index in [4.69, 9.17) is 14.5 Å². The van der Waals surface area contributed by atoms with Crippen molar-refractivity contribution in [2.45, 2.75) is 63.7 Å². The summed E-state index contributed by atoms with van der Waals surface area (Å²) in [6.07, 6.45) is 5.76. The average molecular weight is 823 g/mol. The first kappa shape index (κ1) is 39.8. The van der Waals surface area contributed by atoms with E-state index in [-0.39, 0.29) is 36.6 Å². The molecule has 5 heterocycles. The highest BCUT2D eigenvalue weighted by atomic mass is 16.7. The number of fused-ring (bicyclic) bond motifs is 2. The lowest BCUT2D eigenvalue weighted by Crippen LogP contribution is -2.50. The quantitative estimate of drug-likeness (QED) is 0.101. The third-order valence-electron chi connectivity index (χ3n) is 12.2. The summed E-state index contributed by atoms with van der Waals surface area (Å²) in [4.78, 5) is 61.1. The Hall–Kier alpha value is -6.67. The zero-order chi connectivity index (χ0) is 42.4. The van der Waals surface area contributed by atoms with Gasteiger partial charge in [-0.3, -0.25) is 14.5 Å². The zero-order valence-electron chi connectivity index (χ0n) is 34.7. The lowest BCUT2D eigenvalue weighted by atomic mass is 9.98. The summed E-state index contributed by atoms with van der Waals surface area (Å²) in [6.45, 7) is 5.09. The molecule has 14 nitrogen and oxygen atoms in total. The Kier molecular flexibility index (Phi) is 10.7. The number of nitrogens with one attached hydrogen (secondary N) is 3. The molecule has 0 radical (unpaired) electrons. The number of amides is 3. The molecule has 9 rings (SSSR count). The number of hydrogen-bond acceptors (Lipinski definition) is 8. The number of benzene rings is 4. The molecule has 3 amide bonds. The number of aromatic nitrogens is 4. The molecule has 4 atom stereocenters. The van der Waals surface area contributed by atoms with Gasteiger partial charge in [0.1, 0.15) is 23.7 Å². The molecule has 314 valence electrons. The fraction of sp³-hybridized carbons (Fsp3) is 0.340. The minimum absolute atomic E-state index is 0.0334. The molecule has 3 aliphatic heterocycles. The first-order valence-electron chi connectivity index (χ1n) is 20.9. The maximum Gasteiger partial charge on any atom is 0.405 e. The van der Waals surface area contributed by atoms with Gasteiger partial charge in [-0.1, -0.05) is 68.4 Å². The maximum atomic E-state index is 14.2. The van der Waals surface area contributed by atoms with Crippen molar-refractivity contribution in [1.82, 2.24) is 40.0 Å². The van der Waals surface area contributed by atoms with E-state index >= 15 is 0 Å². The molecule has 4 aromatic carbocycles. The van der Waals surface area contributed by atoms with Crippen LogP contribution >= 0.6 is 0 Å². The summed E-state index contributed by atoms with van der Waals surface area (Å²) in [7, 11) is 3.84. The summed E-state index contributed by atoms with van der Waals surface area (Å²) < 4.78 is 11.1. The van der Waals surface area contributed by atoms with E-state index in [1.54, 1.807) is 11.1 Å². The lowest BCUT2D eigenvalue weighted by molar-refractivity contribution is -0.137. The van der Waals surface area contributed by atoms with Crippen molar-refractivity contribution in [3.05, 3.63) is 108 Å². The van der Waals surface area contributed by atoms with Gasteiger partial charge in [-0.05, 0) is 103 Å². The van der Waals surface area contributed by atoms with E-state index in [2.05, 4.69) is 80.9 Å². The smallest absolute Gasteiger partial charge is 0.405 e. The minimum Gasteiger partial charge on any atom is -0.465 e. The van der Waals surface area contributed by atoms with Gasteiger partial charge in [-0.2, -0.15) is 0 Å². The summed E-state index contributed by atoms with van der Waals surface area (Å²) in [5.74, 6) is 2.47. The van der Waals surface area contributed by atoms with Crippen molar-refractivity contribution in [3.63, 3.8) is 0 Å². The van der Waals surface area contributed by atoms with Gasteiger partial charge in [0.05, 0.1) is 35.9 Å². The van der Waals surface area contributed by atoms with Gasteiger partial charge in [0.25, 0.3) is 0 Å². The predicted octanol–water partition coefficient (Wildman–Crippen LogP) is 7.94. The summed E-state index contributed by atoms with van der Waals surface area (Å²) >= 11 is 0. The molecule has 2 saturated heterocycles. The summed E-state index contributed by atoms with van der Waals surface area (Å²) in [5.41, 5.74) is 6.80. The fourth-order valence-electron chi connectivity index (χ4n) is 9.10. The zero-order valence-corrected chi connectivity index (χ0v) is 34.7. The number of ether oxygens (including phenoxy) is 2. The lowest BCUT2D eigenvalue weighted by Gasteiger charge is -2.31. The number of carbonyl (C=O) groups is 3. The molecule has 0 bridgehead atoms. The maximum absolute atomic E-state index is 14.2. The highest BCUT2D eigenvalue weighted by molar-refractivity contribution is 5.91. The highest BCUT2D eigenvalue weighted by Crippen LogP contribution is 2.39. The Morgan fingerprint density at radius 1 is 0.721 bits per heavy atom. The van der Waals surface area contributed by atoms with Crippen molar-refractivity contribution < 1.29 is 29.0 Å². The number of aromatic amines is 2. The monoisotopic (exact) mass is 822 g/mol. The molecule has 6 aromatic rings. The molecule has 3 aliphatic rings. The van der Waals surface area contributed by atoms with Gasteiger partial charge in [0, 0.05) is 18.7 Å². The largest absolute Gasteiger partial charge is 0.465 e. The van der Waals surface area contributed by atoms with E-state index in [0.717, 1.165) is 81.5 Å². The van der Waals surface area contributed by atoms with Crippen LogP contribution in [0.3, 0.4) is 0 Å². The molecule has 2 fully saturated rings. The first-order chi connectivity index (χ1) is 29.5. The SMILES string of the molecule is CC(C)[C@H](NC(=O)O)C(=O)N1CCC[C@H]1c1ncc(-c2ccc3cc(-c4ccc(-c5cnc([C@@H]6CCCN6C(=O)C(c6ccc7c(c6)OCO7)N(C)C)[nH]5)cc4)ccc3c2)[nH]1. The van der Waals surface area contributed by atoms with Crippen LogP contribution in [0.1, 0.15) is 74.9 Å². The van der Waals surface area contributed by atoms with Gasteiger partial charge in [-0.25, -0.2) is 14.8 Å². The van der Waals surface area contributed by atoms with Crippen LogP contribution in [0.4, 0.5) is 4.79 Å². The van der Waals surface area contributed by atoms with Crippen molar-refractivity contribution in [2.75, 3.05) is 34.0 Å². The number of likely N-dealkylation sites (N-methyl/N-ethyl adjacent to an activating group) is 1. The van der Waals surface area contributed by atoms with Crippen molar-refractivity contribution in [2.24, 2.45) is 5.92 Å². The Morgan fingerprint density at radius 3 is 1.90 bits per heavy atom. The van der Waals surface area contributed by atoms with Crippen LogP contribution in [0.2, 0.25) is 0 Å². The van der Waals surface area contributed by atoms with Crippen LogP contribution in [0.15, 0.2) is 91.3 Å². The molecule has 4 N–H and O–H groups in total. The van der Waals surface area contributed by atoms with Crippen LogP contribution in [0.25, 0.3) is 44.4 Å². The van der Waals surface area contributed by atoms with Crippen molar-refractivity contribution in [3.8, 4) is 45.1 Å². The second kappa shape index (κ2) is 16.4. The molecule has 14 heteroatoms. The van der Waals surface area contributed by atoms with Crippen LogP contribution in [-0.2, 0) is 9.59 Å². The molecule has 0 saturated carbocycles. The number of imidazole rings is 2. The van der Waals surface area contributed by atoms with Gasteiger partial charge in [-0.15, -0.1) is 0 Å². The van der Waals surface area contributed by atoms with E-state index in [9.17, 15) is 19.5 Å². The van der Waals surface area contributed by atoms with Crippen LogP contribution in [0, 0.1) is 5.92 Å². The van der Waals surface area contributed by atoms with Gasteiger partial charge in [0.15, 0.2) is 11.5 Å². The predicted molar refractivity (Wildman–Crippen MR) is 231 cm³/mol. The average Bonchev–Trinajstić information content (AvgIpc) is 4.11. The molecular formula is C47H50N8O6. The van der Waals surface area contributed by atoms with Crippen LogP contribution in [0.5, 0.6) is 11.5 Å². The van der Waals surface area contributed by atoms with Gasteiger partial charge < -0.3 is 39.7 Å². The fourth-order valence-corrected chi connectivity index (χ4v) is 9.10. The molecule has 61 heavy (non-hydrogen) atoms. The molecule has 2 aromatic heterocycles. The Balaban J connectivity index is 0.873. The number of nitrogens with zero attached hydrogens (tertiary/aromatic N) is 5. The Labute approximate surface area is 353 Å². The number of carbonyl (C=O) groups excluding carboxylic acids is 2. The van der Waals surface area contributed by atoms with E-state index in [0.29, 0.717) is 30.4 Å². The van der Waals surface area contributed by atoms with E-state index in [1.807, 2.05) is 62.1 Å². The second-order valence-electron chi connectivity index (χ2n) is 16.7. The molecule has 0 spiro atoms. The third kappa shape index (κ3) is 7.79. The third-order valence-corrected chi connectivity index (χ3v) is 12.2. The highest BCUT2D eigenvalue weighted by Gasteiger charge is 2.39.